The molecule has 2 heterocycles. The van der Waals surface area contributed by atoms with Gasteiger partial charge in [0.25, 0.3) is 11.8 Å². The van der Waals surface area contributed by atoms with E-state index >= 15 is 0 Å². The van der Waals surface area contributed by atoms with Crippen LogP contribution < -0.4 is 74.2 Å². The van der Waals surface area contributed by atoms with Gasteiger partial charge in [-0.2, -0.15) is 4.33 Å². The first-order chi connectivity index (χ1) is 21.1. The van der Waals surface area contributed by atoms with Crippen molar-refractivity contribution in [3.05, 3.63) is 131 Å². The Hall–Kier alpha value is -2.96. The zero-order chi connectivity index (χ0) is 31.2. The van der Waals surface area contributed by atoms with Crippen molar-refractivity contribution in [2.24, 2.45) is 0 Å². The van der Waals surface area contributed by atoms with E-state index in [1.165, 1.54) is 66.7 Å². The fourth-order valence-electron chi connectivity index (χ4n) is 5.14. The average Bonchev–Trinajstić information content (AvgIpc) is 3.49. The molecule has 0 bridgehead atoms. The van der Waals surface area contributed by atoms with E-state index in [1.54, 1.807) is 18.2 Å². The monoisotopic (exact) mass is 674 g/mol. The maximum Gasteiger partial charge on any atom is 1.00 e. The van der Waals surface area contributed by atoms with E-state index in [0.717, 1.165) is 21.9 Å². The topological polar surface area (TPSA) is 173 Å². The summed E-state index contributed by atoms with van der Waals surface area (Å²) in [4.78, 5) is 57.6. The maximum atomic E-state index is 14.2. The Morgan fingerprint density at radius 3 is 1.61 bits per heavy atom. The van der Waals surface area contributed by atoms with Crippen LogP contribution >= 0.6 is 12.0 Å². The molecule has 6 rings (SSSR count). The molecule has 0 fully saturated rings. The van der Waals surface area contributed by atoms with Crippen LogP contribution in [0, 0.1) is 0 Å². The molecule has 0 atom stereocenters. The van der Waals surface area contributed by atoms with E-state index in [0.29, 0.717) is 12.0 Å². The van der Waals surface area contributed by atoms with Crippen molar-refractivity contribution in [3.8, 4) is 0 Å². The molecule has 0 spiro atoms. The van der Waals surface area contributed by atoms with Gasteiger partial charge in [0.2, 0.25) is 11.6 Å². The summed E-state index contributed by atoms with van der Waals surface area (Å²) in [7, 11) is -5.14. The van der Waals surface area contributed by atoms with E-state index in [4.69, 9.17) is 0 Å². The first-order valence-corrected chi connectivity index (χ1v) is 14.8. The molecule has 2 amide bonds. The smallest absolute Gasteiger partial charge is 0.744 e. The Kier molecular flexibility index (Phi) is 11.3. The van der Waals surface area contributed by atoms with Crippen molar-refractivity contribution in [3.63, 3.8) is 0 Å². The van der Waals surface area contributed by atoms with E-state index in [1.807, 2.05) is 0 Å². The zero-order valence-electron chi connectivity index (χ0n) is 24.0. The Balaban J connectivity index is 0.00000240. The fraction of sp³-hybridized carbons (Fsp3) is 0. The largest absolute Gasteiger partial charge is 1.00 e. The third-order valence-electron chi connectivity index (χ3n) is 6.94. The Labute approximate surface area is 310 Å². The van der Waals surface area contributed by atoms with Gasteiger partial charge in [-0.05, 0) is 48.5 Å². The van der Waals surface area contributed by atoms with Crippen molar-refractivity contribution in [1.29, 1.82) is 0 Å². The molecule has 220 valence electrons. The number of nitrogens with zero attached hydrogens (tertiary/aromatic N) is 2. The number of hydrogen-bond donors (Lipinski definition) is 0. The molecule has 0 aliphatic carbocycles. The Morgan fingerprint density at radius 2 is 1.09 bits per heavy atom. The summed E-state index contributed by atoms with van der Waals surface area (Å²) in [5, 5.41) is 13.9. The van der Waals surface area contributed by atoms with Gasteiger partial charge in [-0.3, -0.25) is 34.0 Å². The van der Waals surface area contributed by atoms with Crippen molar-refractivity contribution >= 4 is 56.9 Å². The fourth-order valence-corrected chi connectivity index (χ4v) is 6.29. The minimum Gasteiger partial charge on any atom is -0.744 e. The summed E-state index contributed by atoms with van der Waals surface area (Å²) < 4.78 is 40.6. The minimum atomic E-state index is -5.14. The summed E-state index contributed by atoms with van der Waals surface area (Å²) in [6.45, 7) is 0. The van der Waals surface area contributed by atoms with Crippen molar-refractivity contribution in [2.45, 2.75) is 9.79 Å². The summed E-state index contributed by atoms with van der Waals surface area (Å²) in [6, 6.07) is 22.5. The first-order valence-electron chi connectivity index (χ1n) is 12.6. The molecule has 4 aromatic rings. The molecule has 0 aromatic heterocycles. The molecule has 0 radical (unpaired) electrons. The summed E-state index contributed by atoms with van der Waals surface area (Å²) in [5.74, 6) is -3.47. The van der Waals surface area contributed by atoms with Crippen molar-refractivity contribution in [1.82, 2.24) is 0 Å². The SMILES string of the molecule is O=C1/C(=C2/C(=O)c3ccccc3N2C(=O)c2ccccc2S(=O)(=O)[O-])N(C(=O)c2ccccc2SOO[O-])c2ccccc21.[Na+].[Na+]. The van der Waals surface area contributed by atoms with Gasteiger partial charge in [-0.1, -0.05) is 48.5 Å². The molecule has 2 aliphatic heterocycles. The number of benzene rings is 4. The normalized spacial score (nSPS) is 15.2. The second-order valence-corrected chi connectivity index (χ2v) is 11.4. The third-order valence-corrected chi connectivity index (χ3v) is 8.50. The van der Waals surface area contributed by atoms with E-state index in [2.05, 4.69) is 9.37 Å². The van der Waals surface area contributed by atoms with E-state index < -0.39 is 55.4 Å². The molecule has 2 aliphatic rings. The van der Waals surface area contributed by atoms with Gasteiger partial charge >= 0.3 is 59.1 Å². The number of fused-ring (bicyclic) bond motifs is 2. The molecule has 12 nitrogen and oxygen atoms in total. The van der Waals surface area contributed by atoms with Gasteiger partial charge < -0.3 is 9.81 Å². The van der Waals surface area contributed by atoms with Gasteiger partial charge in [-0.25, -0.2) is 8.42 Å². The number of carbonyl (C=O) groups excluding carboxylic acids is 4. The van der Waals surface area contributed by atoms with Crippen LogP contribution in [0.4, 0.5) is 11.4 Å². The second kappa shape index (κ2) is 14.4. The number of anilines is 2. The van der Waals surface area contributed by atoms with Gasteiger partial charge in [0.15, 0.2) is 0 Å². The van der Waals surface area contributed by atoms with Crippen LogP contribution in [-0.4, -0.2) is 36.4 Å². The van der Waals surface area contributed by atoms with Gasteiger partial charge in [0.1, 0.15) is 21.5 Å². The number of para-hydroxylation sites is 2. The van der Waals surface area contributed by atoms with Crippen LogP contribution in [0.1, 0.15) is 41.4 Å². The molecule has 4 aromatic carbocycles. The van der Waals surface area contributed by atoms with Crippen molar-refractivity contribution < 1.29 is 106 Å². The first kappa shape index (κ1) is 35.9. The Morgan fingerprint density at radius 1 is 0.652 bits per heavy atom. The van der Waals surface area contributed by atoms with Gasteiger partial charge in [0, 0.05) is 11.1 Å². The van der Waals surface area contributed by atoms with Gasteiger partial charge in [0.05, 0.1) is 44.3 Å². The number of Topliss-reactive ketones (excluding diaryl/α,β-unsaturated/α-hetero) is 2. The number of hydrogen-bond acceptors (Lipinski definition) is 11. The molecular formula is C30H16N2Na2O10S2. The second-order valence-electron chi connectivity index (χ2n) is 9.34. The predicted molar refractivity (Wildman–Crippen MR) is 151 cm³/mol. The summed E-state index contributed by atoms with van der Waals surface area (Å²) >= 11 is 0.446. The van der Waals surface area contributed by atoms with Crippen LogP contribution in [0.3, 0.4) is 0 Å². The number of carbonyl (C=O) groups is 4. The molecule has 0 saturated carbocycles. The van der Waals surface area contributed by atoms with Crippen LogP contribution in [0.15, 0.2) is 118 Å². The quantitative estimate of drug-likeness (QED) is 0.0525. The minimum absolute atomic E-state index is 0. The number of ketones is 2. The molecule has 16 heteroatoms. The van der Waals surface area contributed by atoms with Crippen LogP contribution in [0.5, 0.6) is 0 Å². The average molecular weight is 675 g/mol. The number of rotatable bonds is 6. The molecular weight excluding hydrogens is 658 g/mol. The van der Waals surface area contributed by atoms with Crippen LogP contribution in [0.25, 0.3) is 0 Å². The van der Waals surface area contributed by atoms with Crippen LogP contribution in [0.2, 0.25) is 0 Å². The zero-order valence-corrected chi connectivity index (χ0v) is 29.7. The van der Waals surface area contributed by atoms with Crippen LogP contribution in [-0.2, 0) is 19.5 Å². The Bertz CT molecular complexity index is 2050. The standard InChI is InChI=1S/C30H18N2O10S2.2Na/c33-27-17-9-1-5-13-21(17)31(29(35)19-11-3-7-15-23(19)43-42-41-37)25(27)26-28(34)18-10-2-6-14-22(18)32(26)30(36)20-12-4-8-16-24(20)44(38,39)40;;/h1-16,37H,(H,38,39,40);;/q;2*+1/p-2/b26-25+;;. The van der Waals surface area contributed by atoms with Gasteiger partial charge in [-0.15, -0.1) is 0 Å². The molecule has 0 saturated heterocycles. The number of allylic oxidation sites excluding steroid dienone is 2. The molecule has 0 N–H and O–H groups in total. The van der Waals surface area contributed by atoms with E-state index in [-0.39, 0.29) is 92.1 Å². The summed E-state index contributed by atoms with van der Waals surface area (Å²) in [6.07, 6.45) is 0. The third kappa shape index (κ3) is 6.20. The molecule has 46 heavy (non-hydrogen) atoms. The predicted octanol–water partition coefficient (Wildman–Crippen LogP) is -2.57. The maximum absolute atomic E-state index is 14.2. The molecule has 0 unspecified atom stereocenters. The van der Waals surface area contributed by atoms with E-state index in [9.17, 15) is 37.4 Å². The summed E-state index contributed by atoms with van der Waals surface area (Å²) in [5.41, 5.74) is -1.42. The van der Waals surface area contributed by atoms with Crippen molar-refractivity contribution in [2.75, 3.05) is 9.80 Å². The number of amides is 2.